The lowest BCUT2D eigenvalue weighted by molar-refractivity contribution is 0.0967. The maximum Gasteiger partial charge on any atom is 0.163 e. The highest BCUT2D eigenvalue weighted by Gasteiger charge is 2.22. The van der Waals surface area contributed by atoms with Crippen LogP contribution < -0.4 is 5.73 Å². The van der Waals surface area contributed by atoms with E-state index in [1.807, 2.05) is 25.1 Å². The van der Waals surface area contributed by atoms with Crippen LogP contribution in [0.25, 0.3) is 0 Å². The molecule has 0 spiro atoms. The molecule has 68 valence electrons. The lowest BCUT2D eigenvalue weighted by Crippen LogP contribution is -2.21. The minimum Gasteiger partial charge on any atom is -0.324 e. The summed E-state index contributed by atoms with van der Waals surface area (Å²) in [6.07, 6.45) is 1.38. The summed E-state index contributed by atoms with van der Waals surface area (Å²) in [5, 5.41) is 0. The van der Waals surface area contributed by atoms with Gasteiger partial charge in [-0.15, -0.1) is 0 Å². The zero-order chi connectivity index (χ0) is 9.42. The minimum atomic E-state index is 0.0494. The van der Waals surface area contributed by atoms with Gasteiger partial charge in [-0.3, -0.25) is 4.79 Å². The lowest BCUT2D eigenvalue weighted by atomic mass is 9.86. The molecule has 2 rings (SSSR count). The first-order valence-corrected chi connectivity index (χ1v) is 4.58. The average molecular weight is 175 g/mol. The number of ketones is 1. The zero-order valence-corrected chi connectivity index (χ0v) is 7.71. The fraction of sp³-hybridized carbons (Fsp3) is 0.364. The molecule has 0 aromatic heterocycles. The number of nitrogens with two attached hydrogens (primary N) is 1. The third-order valence-corrected chi connectivity index (χ3v) is 2.59. The first-order chi connectivity index (χ1) is 6.18. The van der Waals surface area contributed by atoms with Crippen molar-refractivity contribution in [3.05, 3.63) is 34.9 Å². The van der Waals surface area contributed by atoms with Crippen molar-refractivity contribution in [1.29, 1.82) is 0 Å². The summed E-state index contributed by atoms with van der Waals surface area (Å²) in [5.74, 6) is 0.236. The van der Waals surface area contributed by atoms with E-state index in [-0.39, 0.29) is 11.8 Å². The first kappa shape index (κ1) is 8.45. The van der Waals surface area contributed by atoms with Gasteiger partial charge in [0.25, 0.3) is 0 Å². The molecule has 0 fully saturated rings. The van der Waals surface area contributed by atoms with Crippen molar-refractivity contribution in [2.45, 2.75) is 25.8 Å². The van der Waals surface area contributed by atoms with E-state index in [1.165, 1.54) is 0 Å². The standard InChI is InChI=1S/C11H13NO/c1-7-2-3-8-9(6-7)11(13)5-4-10(8)12/h2-3,6,10H,4-5,12H2,1H3. The summed E-state index contributed by atoms with van der Waals surface area (Å²) in [4.78, 5) is 11.5. The molecular weight excluding hydrogens is 162 g/mol. The Bertz CT molecular complexity index is 357. The van der Waals surface area contributed by atoms with E-state index in [1.54, 1.807) is 0 Å². The summed E-state index contributed by atoms with van der Waals surface area (Å²) in [6.45, 7) is 1.99. The van der Waals surface area contributed by atoms with Crippen LogP contribution in [0.1, 0.15) is 40.4 Å². The Balaban J connectivity index is 2.57. The van der Waals surface area contributed by atoms with E-state index >= 15 is 0 Å². The van der Waals surface area contributed by atoms with Crippen LogP contribution in [0.2, 0.25) is 0 Å². The second-order valence-corrected chi connectivity index (χ2v) is 3.66. The molecule has 0 radical (unpaired) electrons. The molecule has 0 saturated carbocycles. The molecule has 2 heteroatoms. The molecule has 0 aliphatic heterocycles. The van der Waals surface area contributed by atoms with Crippen LogP contribution in [0.15, 0.2) is 18.2 Å². The van der Waals surface area contributed by atoms with E-state index in [0.717, 1.165) is 23.1 Å². The summed E-state index contributed by atoms with van der Waals surface area (Å²) in [5.41, 5.74) is 8.88. The molecule has 0 bridgehead atoms. The van der Waals surface area contributed by atoms with Crippen LogP contribution >= 0.6 is 0 Å². The molecule has 1 unspecified atom stereocenters. The normalized spacial score (nSPS) is 21.4. The zero-order valence-electron chi connectivity index (χ0n) is 7.71. The third-order valence-electron chi connectivity index (χ3n) is 2.59. The molecule has 13 heavy (non-hydrogen) atoms. The van der Waals surface area contributed by atoms with Gasteiger partial charge in [0.2, 0.25) is 0 Å². The van der Waals surface area contributed by atoms with Crippen molar-refractivity contribution in [2.24, 2.45) is 5.73 Å². The van der Waals surface area contributed by atoms with Gasteiger partial charge in [0.15, 0.2) is 5.78 Å². The molecule has 1 aromatic carbocycles. The van der Waals surface area contributed by atoms with Gasteiger partial charge in [-0.25, -0.2) is 0 Å². The van der Waals surface area contributed by atoms with Gasteiger partial charge in [-0.1, -0.05) is 17.7 Å². The number of hydrogen-bond acceptors (Lipinski definition) is 2. The van der Waals surface area contributed by atoms with Crippen molar-refractivity contribution in [2.75, 3.05) is 0 Å². The molecule has 1 aliphatic carbocycles. The first-order valence-electron chi connectivity index (χ1n) is 4.58. The number of rotatable bonds is 0. The van der Waals surface area contributed by atoms with Crippen molar-refractivity contribution in [3.63, 3.8) is 0 Å². The van der Waals surface area contributed by atoms with E-state index in [4.69, 9.17) is 5.73 Å². The summed E-state index contributed by atoms with van der Waals surface area (Å²) in [7, 11) is 0. The summed E-state index contributed by atoms with van der Waals surface area (Å²) in [6, 6.07) is 5.98. The average Bonchev–Trinajstić information content (AvgIpc) is 2.12. The number of benzene rings is 1. The molecule has 1 atom stereocenters. The maximum atomic E-state index is 11.5. The highest BCUT2D eigenvalue weighted by Crippen LogP contribution is 2.28. The van der Waals surface area contributed by atoms with Gasteiger partial charge in [0.1, 0.15) is 0 Å². The number of hydrogen-bond donors (Lipinski definition) is 1. The van der Waals surface area contributed by atoms with Gasteiger partial charge in [0, 0.05) is 18.0 Å². The molecule has 2 N–H and O–H groups in total. The van der Waals surface area contributed by atoms with Crippen molar-refractivity contribution >= 4 is 5.78 Å². The van der Waals surface area contributed by atoms with E-state index < -0.39 is 0 Å². The SMILES string of the molecule is Cc1ccc2c(c1)C(=O)CCC2N. The fourth-order valence-electron chi connectivity index (χ4n) is 1.81. The third kappa shape index (κ3) is 1.38. The van der Waals surface area contributed by atoms with Gasteiger partial charge in [0.05, 0.1) is 0 Å². The predicted molar refractivity (Wildman–Crippen MR) is 51.7 cm³/mol. The van der Waals surface area contributed by atoms with Gasteiger partial charge in [-0.2, -0.15) is 0 Å². The molecular formula is C11H13NO. The Kier molecular flexibility index (Phi) is 1.93. The summed E-state index contributed by atoms with van der Waals surface area (Å²) >= 11 is 0. The smallest absolute Gasteiger partial charge is 0.163 e. The molecule has 0 amide bonds. The van der Waals surface area contributed by atoms with E-state index in [9.17, 15) is 4.79 Å². The van der Waals surface area contributed by atoms with Gasteiger partial charge >= 0.3 is 0 Å². The van der Waals surface area contributed by atoms with Crippen molar-refractivity contribution < 1.29 is 4.79 Å². The quantitative estimate of drug-likeness (QED) is 0.655. The second kappa shape index (κ2) is 2.96. The Hall–Kier alpha value is -1.15. The lowest BCUT2D eigenvalue weighted by Gasteiger charge is -2.21. The van der Waals surface area contributed by atoms with Gasteiger partial charge in [-0.05, 0) is 25.0 Å². The Morgan fingerprint density at radius 2 is 2.23 bits per heavy atom. The summed E-state index contributed by atoms with van der Waals surface area (Å²) < 4.78 is 0. The highest BCUT2D eigenvalue weighted by atomic mass is 16.1. The fourth-order valence-corrected chi connectivity index (χ4v) is 1.81. The number of aryl methyl sites for hydroxylation is 1. The monoisotopic (exact) mass is 175 g/mol. The second-order valence-electron chi connectivity index (χ2n) is 3.66. The molecule has 0 saturated heterocycles. The molecule has 2 nitrogen and oxygen atoms in total. The highest BCUT2D eigenvalue weighted by molar-refractivity contribution is 5.98. The number of fused-ring (bicyclic) bond motifs is 1. The van der Waals surface area contributed by atoms with E-state index in [2.05, 4.69) is 0 Å². The van der Waals surface area contributed by atoms with E-state index in [0.29, 0.717) is 6.42 Å². The number of carbonyl (C=O) groups is 1. The topological polar surface area (TPSA) is 43.1 Å². The van der Waals surface area contributed by atoms with Crippen LogP contribution in [0.5, 0.6) is 0 Å². The number of carbonyl (C=O) groups excluding carboxylic acids is 1. The predicted octanol–water partition coefficient (Wildman–Crippen LogP) is 1.97. The Labute approximate surface area is 77.8 Å². The van der Waals surface area contributed by atoms with Crippen molar-refractivity contribution in [1.82, 2.24) is 0 Å². The number of Topliss-reactive ketones (excluding diaryl/α,β-unsaturated/α-hetero) is 1. The van der Waals surface area contributed by atoms with Crippen LogP contribution in [-0.4, -0.2) is 5.78 Å². The van der Waals surface area contributed by atoms with Crippen LogP contribution in [-0.2, 0) is 0 Å². The minimum absolute atomic E-state index is 0.0494. The van der Waals surface area contributed by atoms with Crippen LogP contribution in [0.3, 0.4) is 0 Å². The molecule has 1 aliphatic rings. The van der Waals surface area contributed by atoms with Crippen molar-refractivity contribution in [3.8, 4) is 0 Å². The maximum absolute atomic E-state index is 11.5. The van der Waals surface area contributed by atoms with Gasteiger partial charge < -0.3 is 5.73 Å². The Morgan fingerprint density at radius 1 is 1.46 bits per heavy atom. The molecule has 1 aromatic rings. The van der Waals surface area contributed by atoms with Crippen LogP contribution in [0, 0.1) is 6.92 Å². The van der Waals surface area contributed by atoms with Crippen LogP contribution in [0.4, 0.5) is 0 Å². The molecule has 0 heterocycles. The Morgan fingerprint density at radius 3 is 3.00 bits per heavy atom. The largest absolute Gasteiger partial charge is 0.324 e.